The lowest BCUT2D eigenvalue weighted by molar-refractivity contribution is -0.387. The summed E-state index contributed by atoms with van der Waals surface area (Å²) in [6.07, 6.45) is 0. The van der Waals surface area contributed by atoms with Crippen LogP contribution in [-0.2, 0) is 0 Å². The Labute approximate surface area is 97.5 Å². The SMILES string of the molecule is NNc1nc(-c2c(F)ccc([N+](=O)[O-])c2F)no1. The summed E-state index contributed by atoms with van der Waals surface area (Å²) < 4.78 is 31.7. The van der Waals surface area contributed by atoms with Gasteiger partial charge in [-0.2, -0.15) is 9.37 Å². The van der Waals surface area contributed by atoms with Gasteiger partial charge in [0.25, 0.3) is 0 Å². The zero-order valence-electron chi connectivity index (χ0n) is 8.55. The summed E-state index contributed by atoms with van der Waals surface area (Å²) in [6, 6.07) is 1.16. The van der Waals surface area contributed by atoms with Crippen molar-refractivity contribution in [1.29, 1.82) is 0 Å². The number of nitrogens with one attached hydrogen (secondary N) is 1. The zero-order chi connectivity index (χ0) is 13.3. The number of hydrogen-bond donors (Lipinski definition) is 2. The van der Waals surface area contributed by atoms with Crippen LogP contribution in [-0.4, -0.2) is 15.1 Å². The van der Waals surface area contributed by atoms with Crippen LogP contribution in [0.15, 0.2) is 16.7 Å². The molecule has 2 rings (SSSR count). The highest BCUT2D eigenvalue weighted by atomic mass is 19.1. The first kappa shape index (κ1) is 11.9. The van der Waals surface area contributed by atoms with Gasteiger partial charge in [0.1, 0.15) is 11.4 Å². The molecule has 0 aliphatic carbocycles. The van der Waals surface area contributed by atoms with Crippen LogP contribution in [0.1, 0.15) is 0 Å². The van der Waals surface area contributed by atoms with Gasteiger partial charge in [-0.05, 0) is 6.07 Å². The first-order chi connectivity index (χ1) is 8.54. The first-order valence-electron chi connectivity index (χ1n) is 4.47. The maximum Gasteiger partial charge on any atom is 0.335 e. The van der Waals surface area contributed by atoms with Gasteiger partial charge < -0.3 is 4.52 Å². The summed E-state index contributed by atoms with van der Waals surface area (Å²) in [7, 11) is 0. The van der Waals surface area contributed by atoms with E-state index in [1.807, 2.05) is 5.43 Å². The fourth-order valence-corrected chi connectivity index (χ4v) is 1.27. The molecule has 10 heteroatoms. The van der Waals surface area contributed by atoms with Crippen LogP contribution in [0.2, 0.25) is 0 Å². The second-order valence-corrected chi connectivity index (χ2v) is 3.08. The molecule has 0 saturated heterocycles. The van der Waals surface area contributed by atoms with E-state index < -0.39 is 33.6 Å². The van der Waals surface area contributed by atoms with Crippen molar-refractivity contribution in [3.05, 3.63) is 33.9 Å². The van der Waals surface area contributed by atoms with Crippen molar-refractivity contribution >= 4 is 11.7 Å². The molecule has 2 aromatic rings. The zero-order valence-corrected chi connectivity index (χ0v) is 8.55. The smallest absolute Gasteiger partial charge is 0.314 e. The Bertz CT molecular complexity index is 615. The van der Waals surface area contributed by atoms with Crippen LogP contribution in [0.5, 0.6) is 0 Å². The van der Waals surface area contributed by atoms with Gasteiger partial charge in [0.05, 0.1) is 4.92 Å². The van der Waals surface area contributed by atoms with Crippen LogP contribution in [0, 0.1) is 21.7 Å². The summed E-state index contributed by atoms with van der Waals surface area (Å²) in [5, 5.41) is 13.8. The van der Waals surface area contributed by atoms with Crippen molar-refractivity contribution in [2.45, 2.75) is 0 Å². The van der Waals surface area contributed by atoms with E-state index in [4.69, 9.17) is 5.84 Å². The van der Waals surface area contributed by atoms with Gasteiger partial charge in [0, 0.05) is 6.07 Å². The summed E-state index contributed by atoms with van der Waals surface area (Å²) in [5.74, 6) is 2.03. The highest BCUT2D eigenvalue weighted by Gasteiger charge is 2.25. The van der Waals surface area contributed by atoms with Crippen LogP contribution in [0.4, 0.5) is 20.5 Å². The van der Waals surface area contributed by atoms with E-state index in [9.17, 15) is 18.9 Å². The molecule has 0 atom stereocenters. The number of nitrogens with zero attached hydrogens (tertiary/aromatic N) is 3. The molecule has 94 valence electrons. The minimum atomic E-state index is -1.38. The van der Waals surface area contributed by atoms with E-state index in [0.717, 1.165) is 6.07 Å². The van der Waals surface area contributed by atoms with E-state index in [-0.39, 0.29) is 6.01 Å². The van der Waals surface area contributed by atoms with Crippen molar-refractivity contribution in [1.82, 2.24) is 10.1 Å². The molecule has 8 nitrogen and oxygen atoms in total. The van der Waals surface area contributed by atoms with Crippen molar-refractivity contribution in [2.24, 2.45) is 5.84 Å². The number of nitro benzene ring substituents is 1. The first-order valence-corrected chi connectivity index (χ1v) is 4.47. The van der Waals surface area contributed by atoms with E-state index in [1.165, 1.54) is 0 Å². The third-order valence-corrected chi connectivity index (χ3v) is 2.04. The van der Waals surface area contributed by atoms with E-state index in [2.05, 4.69) is 14.7 Å². The van der Waals surface area contributed by atoms with Gasteiger partial charge in [-0.15, -0.1) is 0 Å². The minimum Gasteiger partial charge on any atom is -0.314 e. The Hall–Kier alpha value is -2.62. The summed E-state index contributed by atoms with van der Waals surface area (Å²) in [5.41, 5.74) is 0.329. The predicted octanol–water partition coefficient (Wildman–Crippen LogP) is 1.21. The minimum absolute atomic E-state index is 0.282. The van der Waals surface area contributed by atoms with Gasteiger partial charge in [-0.1, -0.05) is 5.16 Å². The van der Waals surface area contributed by atoms with Crippen LogP contribution in [0.3, 0.4) is 0 Å². The summed E-state index contributed by atoms with van der Waals surface area (Å²) in [6.45, 7) is 0. The van der Waals surface area contributed by atoms with Gasteiger partial charge in [0.2, 0.25) is 11.6 Å². The molecule has 1 aromatic carbocycles. The standard InChI is InChI=1S/C8H5F2N5O3/c9-3-1-2-4(15(16)17)6(10)5(3)7-12-8(13-11)18-14-7/h1-2H,11H2,(H,12,13,14). The Morgan fingerprint density at radius 1 is 1.44 bits per heavy atom. The summed E-state index contributed by atoms with van der Waals surface area (Å²) >= 11 is 0. The van der Waals surface area contributed by atoms with E-state index >= 15 is 0 Å². The van der Waals surface area contributed by atoms with Crippen molar-refractivity contribution in [2.75, 3.05) is 5.43 Å². The van der Waals surface area contributed by atoms with E-state index in [0.29, 0.717) is 6.07 Å². The quantitative estimate of drug-likeness (QED) is 0.481. The second-order valence-electron chi connectivity index (χ2n) is 3.08. The number of hydrogen-bond acceptors (Lipinski definition) is 7. The molecule has 0 unspecified atom stereocenters. The number of nitro groups is 1. The van der Waals surface area contributed by atoms with Crippen LogP contribution < -0.4 is 11.3 Å². The average molecular weight is 257 g/mol. The molecule has 0 radical (unpaired) electrons. The topological polar surface area (TPSA) is 120 Å². The highest BCUT2D eigenvalue weighted by molar-refractivity contribution is 5.61. The lowest BCUT2D eigenvalue weighted by atomic mass is 10.1. The maximum atomic E-state index is 13.7. The van der Waals surface area contributed by atoms with Crippen molar-refractivity contribution < 1.29 is 18.2 Å². The third kappa shape index (κ3) is 1.84. The number of benzene rings is 1. The lowest BCUT2D eigenvalue weighted by Gasteiger charge is -2.00. The number of rotatable bonds is 3. The Morgan fingerprint density at radius 3 is 2.72 bits per heavy atom. The molecule has 1 aromatic heterocycles. The Morgan fingerprint density at radius 2 is 2.17 bits per heavy atom. The number of aromatic nitrogens is 2. The molecular formula is C8H5F2N5O3. The van der Waals surface area contributed by atoms with Crippen LogP contribution in [0.25, 0.3) is 11.4 Å². The average Bonchev–Trinajstić information content (AvgIpc) is 2.77. The van der Waals surface area contributed by atoms with Gasteiger partial charge >= 0.3 is 11.7 Å². The Balaban J connectivity index is 2.62. The molecule has 3 N–H and O–H groups in total. The van der Waals surface area contributed by atoms with Crippen molar-refractivity contribution in [3.8, 4) is 11.4 Å². The third-order valence-electron chi connectivity index (χ3n) is 2.04. The van der Waals surface area contributed by atoms with Gasteiger partial charge in [-0.3, -0.25) is 15.5 Å². The second kappa shape index (κ2) is 4.33. The predicted molar refractivity (Wildman–Crippen MR) is 54.1 cm³/mol. The molecule has 0 fully saturated rings. The molecule has 0 amide bonds. The molecule has 0 bridgehead atoms. The molecule has 0 aliphatic heterocycles. The maximum absolute atomic E-state index is 13.7. The van der Waals surface area contributed by atoms with Crippen LogP contribution >= 0.6 is 0 Å². The number of hydrazine groups is 1. The van der Waals surface area contributed by atoms with Gasteiger partial charge in [-0.25, -0.2) is 10.2 Å². The molecular weight excluding hydrogens is 252 g/mol. The fourth-order valence-electron chi connectivity index (χ4n) is 1.27. The fraction of sp³-hybridized carbons (Fsp3) is 0. The number of nitrogens with two attached hydrogens (primary N) is 1. The monoisotopic (exact) mass is 257 g/mol. The molecule has 18 heavy (non-hydrogen) atoms. The molecule has 0 saturated carbocycles. The normalized spacial score (nSPS) is 10.4. The van der Waals surface area contributed by atoms with Gasteiger partial charge in [0.15, 0.2) is 0 Å². The van der Waals surface area contributed by atoms with Crippen molar-refractivity contribution in [3.63, 3.8) is 0 Å². The number of nitrogen functional groups attached to an aromatic ring is 1. The number of anilines is 1. The highest BCUT2D eigenvalue weighted by Crippen LogP contribution is 2.30. The van der Waals surface area contributed by atoms with E-state index in [1.54, 1.807) is 0 Å². The molecule has 0 spiro atoms. The molecule has 0 aliphatic rings. The Kier molecular flexibility index (Phi) is 2.85. The lowest BCUT2D eigenvalue weighted by Crippen LogP contribution is -2.06. The summed E-state index contributed by atoms with van der Waals surface area (Å²) in [4.78, 5) is 13.0. The largest absolute Gasteiger partial charge is 0.335 e. The molecule has 1 heterocycles. The number of halogens is 2.